The van der Waals surface area contributed by atoms with Crippen LogP contribution in [-0.4, -0.2) is 63.7 Å². The van der Waals surface area contributed by atoms with Gasteiger partial charge in [-0.1, -0.05) is 42.5 Å². The first-order valence-corrected chi connectivity index (χ1v) is 9.58. The second-order valence-electron chi connectivity index (χ2n) is 7.53. The Kier molecular flexibility index (Phi) is 4.96. The van der Waals surface area contributed by atoms with Crippen molar-refractivity contribution in [1.29, 1.82) is 0 Å². The lowest BCUT2D eigenvalue weighted by molar-refractivity contribution is 0.0771. The van der Waals surface area contributed by atoms with E-state index in [0.29, 0.717) is 18.4 Å². The van der Waals surface area contributed by atoms with Gasteiger partial charge in [-0.25, -0.2) is 9.67 Å². The normalized spacial score (nSPS) is 16.7. The third kappa shape index (κ3) is 3.55. The van der Waals surface area contributed by atoms with Crippen molar-refractivity contribution in [2.45, 2.75) is 19.4 Å². The quantitative estimate of drug-likeness (QED) is 0.703. The van der Waals surface area contributed by atoms with Gasteiger partial charge in [-0.3, -0.25) is 4.79 Å². The molecule has 0 aliphatic carbocycles. The Labute approximate surface area is 165 Å². The number of aromatic nitrogens is 3. The average molecular weight is 375 g/mol. The van der Waals surface area contributed by atoms with Gasteiger partial charge in [0.15, 0.2) is 5.82 Å². The van der Waals surface area contributed by atoms with Crippen molar-refractivity contribution >= 4 is 5.91 Å². The highest BCUT2D eigenvalue weighted by Crippen LogP contribution is 2.23. The van der Waals surface area contributed by atoms with Crippen molar-refractivity contribution in [3.63, 3.8) is 0 Å². The summed E-state index contributed by atoms with van der Waals surface area (Å²) in [5, 5.41) is 4.61. The molecule has 1 atom stereocenters. The fourth-order valence-corrected chi connectivity index (χ4v) is 3.61. The predicted octanol–water partition coefficient (Wildman–Crippen LogP) is 3.02. The number of aryl methyl sites for hydroxylation is 1. The van der Waals surface area contributed by atoms with Gasteiger partial charge in [0.1, 0.15) is 0 Å². The number of hydrogen-bond acceptors (Lipinski definition) is 4. The van der Waals surface area contributed by atoms with Crippen molar-refractivity contribution in [2.75, 3.05) is 27.2 Å². The van der Waals surface area contributed by atoms with Gasteiger partial charge in [-0.05, 0) is 45.1 Å². The summed E-state index contributed by atoms with van der Waals surface area (Å²) in [7, 11) is 4.10. The number of hydrogen-bond donors (Lipinski definition) is 0. The van der Waals surface area contributed by atoms with Crippen LogP contribution >= 0.6 is 0 Å². The highest BCUT2D eigenvalue weighted by molar-refractivity contribution is 5.91. The van der Waals surface area contributed by atoms with Gasteiger partial charge in [0.25, 0.3) is 5.91 Å². The van der Waals surface area contributed by atoms with E-state index >= 15 is 0 Å². The molecule has 1 amide bonds. The first kappa shape index (κ1) is 18.4. The first-order chi connectivity index (χ1) is 13.5. The Morgan fingerprint density at radius 1 is 1.11 bits per heavy atom. The Hall–Kier alpha value is -2.99. The predicted molar refractivity (Wildman–Crippen MR) is 110 cm³/mol. The second kappa shape index (κ2) is 7.56. The lowest BCUT2D eigenvalue weighted by atomic mass is 10.2. The van der Waals surface area contributed by atoms with Crippen LogP contribution < -0.4 is 0 Å². The van der Waals surface area contributed by atoms with Crippen LogP contribution in [0.2, 0.25) is 0 Å². The third-order valence-corrected chi connectivity index (χ3v) is 5.26. The fourth-order valence-electron chi connectivity index (χ4n) is 3.61. The van der Waals surface area contributed by atoms with Crippen molar-refractivity contribution in [1.82, 2.24) is 24.6 Å². The maximum atomic E-state index is 13.1. The van der Waals surface area contributed by atoms with Gasteiger partial charge in [0, 0.05) is 24.7 Å². The number of likely N-dealkylation sites (N-methyl/N-ethyl adjacent to an activating group) is 1. The molecule has 0 bridgehead atoms. The zero-order chi connectivity index (χ0) is 19.7. The van der Waals surface area contributed by atoms with Crippen LogP contribution in [0.5, 0.6) is 0 Å². The Balaban J connectivity index is 1.73. The van der Waals surface area contributed by atoms with Crippen LogP contribution in [0.25, 0.3) is 17.1 Å². The largest absolute Gasteiger partial charge is 0.334 e. The zero-order valence-electron chi connectivity index (χ0n) is 16.5. The number of carbonyl (C=O) groups excluding carboxylic acids is 1. The summed E-state index contributed by atoms with van der Waals surface area (Å²) >= 11 is 0. The van der Waals surface area contributed by atoms with Gasteiger partial charge < -0.3 is 9.80 Å². The standard InChI is InChI=1S/C22H25N5O/c1-16-8-7-11-18(14-16)27-21(17-9-5-4-6-10-17)23-20(24-27)22(28)26-13-12-19(15-26)25(2)3/h4-11,14,19H,12-13,15H2,1-3H3. The summed E-state index contributed by atoms with van der Waals surface area (Å²) in [6.45, 7) is 3.49. The number of benzene rings is 2. The van der Waals surface area contributed by atoms with Crippen molar-refractivity contribution in [3.8, 4) is 17.1 Å². The summed E-state index contributed by atoms with van der Waals surface area (Å²) in [5.41, 5.74) is 2.97. The van der Waals surface area contributed by atoms with E-state index in [1.807, 2.05) is 66.4 Å². The molecule has 1 unspecified atom stereocenters. The summed E-state index contributed by atoms with van der Waals surface area (Å²) in [5.74, 6) is 0.825. The Morgan fingerprint density at radius 2 is 1.89 bits per heavy atom. The van der Waals surface area contributed by atoms with Crippen LogP contribution in [0, 0.1) is 6.92 Å². The molecule has 1 fully saturated rings. The van der Waals surface area contributed by atoms with Crippen LogP contribution in [0.15, 0.2) is 54.6 Å². The smallest absolute Gasteiger partial charge is 0.293 e. The van der Waals surface area contributed by atoms with E-state index < -0.39 is 0 Å². The minimum Gasteiger partial charge on any atom is -0.334 e. The maximum Gasteiger partial charge on any atom is 0.293 e. The zero-order valence-corrected chi connectivity index (χ0v) is 16.5. The number of likely N-dealkylation sites (tertiary alicyclic amines) is 1. The van der Waals surface area contributed by atoms with E-state index in [9.17, 15) is 4.79 Å². The highest BCUT2D eigenvalue weighted by atomic mass is 16.2. The van der Waals surface area contributed by atoms with Crippen LogP contribution in [0.3, 0.4) is 0 Å². The maximum absolute atomic E-state index is 13.1. The van der Waals surface area contributed by atoms with E-state index in [1.54, 1.807) is 4.68 Å². The Morgan fingerprint density at radius 3 is 2.57 bits per heavy atom. The number of amides is 1. The lowest BCUT2D eigenvalue weighted by Crippen LogP contribution is -2.35. The van der Waals surface area contributed by atoms with Crippen molar-refractivity contribution in [3.05, 3.63) is 66.0 Å². The van der Waals surface area contributed by atoms with Gasteiger partial charge in [-0.15, -0.1) is 5.10 Å². The second-order valence-corrected chi connectivity index (χ2v) is 7.53. The number of carbonyl (C=O) groups is 1. The van der Waals surface area contributed by atoms with Gasteiger partial charge >= 0.3 is 0 Å². The fraction of sp³-hybridized carbons (Fsp3) is 0.318. The average Bonchev–Trinajstić information content (AvgIpc) is 3.36. The topological polar surface area (TPSA) is 54.3 Å². The van der Waals surface area contributed by atoms with E-state index in [2.05, 4.69) is 29.1 Å². The molecule has 1 saturated heterocycles. The van der Waals surface area contributed by atoms with E-state index in [1.165, 1.54) is 0 Å². The molecule has 6 heteroatoms. The summed E-state index contributed by atoms with van der Waals surface area (Å²) in [6, 6.07) is 18.3. The summed E-state index contributed by atoms with van der Waals surface area (Å²) in [4.78, 5) is 21.8. The molecule has 4 rings (SSSR count). The molecule has 0 N–H and O–H groups in total. The first-order valence-electron chi connectivity index (χ1n) is 9.58. The lowest BCUT2D eigenvalue weighted by Gasteiger charge is -2.19. The molecular weight excluding hydrogens is 350 g/mol. The SMILES string of the molecule is Cc1cccc(-n2nc(C(=O)N3CCC(N(C)C)C3)nc2-c2ccccc2)c1. The van der Waals surface area contributed by atoms with E-state index in [0.717, 1.165) is 29.8 Å². The minimum atomic E-state index is -0.104. The third-order valence-electron chi connectivity index (χ3n) is 5.26. The van der Waals surface area contributed by atoms with E-state index in [4.69, 9.17) is 0 Å². The molecule has 1 aliphatic heterocycles. The molecule has 144 valence electrons. The molecule has 2 heterocycles. The van der Waals surface area contributed by atoms with Crippen LogP contribution in [-0.2, 0) is 0 Å². The van der Waals surface area contributed by atoms with Gasteiger partial charge in [-0.2, -0.15) is 0 Å². The molecule has 0 spiro atoms. The molecule has 1 aliphatic rings. The molecule has 6 nitrogen and oxygen atoms in total. The number of nitrogens with zero attached hydrogens (tertiary/aromatic N) is 5. The molecule has 0 radical (unpaired) electrons. The van der Waals surface area contributed by atoms with Crippen molar-refractivity contribution < 1.29 is 4.79 Å². The van der Waals surface area contributed by atoms with Crippen LogP contribution in [0.4, 0.5) is 0 Å². The molecule has 2 aromatic carbocycles. The minimum absolute atomic E-state index is 0.104. The molecular formula is C22H25N5O. The summed E-state index contributed by atoms with van der Waals surface area (Å²) < 4.78 is 1.77. The molecule has 3 aromatic rings. The van der Waals surface area contributed by atoms with E-state index in [-0.39, 0.29) is 11.7 Å². The molecule has 28 heavy (non-hydrogen) atoms. The van der Waals surface area contributed by atoms with Crippen molar-refractivity contribution in [2.24, 2.45) is 0 Å². The van der Waals surface area contributed by atoms with Crippen LogP contribution in [0.1, 0.15) is 22.6 Å². The van der Waals surface area contributed by atoms with Gasteiger partial charge in [0.05, 0.1) is 5.69 Å². The number of rotatable bonds is 4. The summed E-state index contributed by atoms with van der Waals surface area (Å²) in [6.07, 6.45) is 0.975. The highest BCUT2D eigenvalue weighted by Gasteiger charge is 2.31. The van der Waals surface area contributed by atoms with Gasteiger partial charge in [0.2, 0.25) is 5.82 Å². The molecule has 0 saturated carbocycles. The Bertz CT molecular complexity index is 980. The molecule has 1 aromatic heterocycles. The monoisotopic (exact) mass is 375 g/mol.